The molecule has 2 N–H and O–H groups in total. The van der Waals surface area contributed by atoms with E-state index in [4.69, 9.17) is 9.47 Å². The molecule has 5 nitrogen and oxygen atoms in total. The third kappa shape index (κ3) is 4.64. The van der Waals surface area contributed by atoms with Crippen LogP contribution in [0.15, 0.2) is 18.2 Å². The predicted octanol–water partition coefficient (Wildman–Crippen LogP) is 2.69. The zero-order chi connectivity index (χ0) is 15.2. The molecule has 1 aromatic carbocycles. The zero-order valence-electron chi connectivity index (χ0n) is 12.9. The van der Waals surface area contributed by atoms with Crippen LogP contribution in [0.3, 0.4) is 0 Å². The number of urea groups is 1. The maximum Gasteiger partial charge on any atom is 0.315 e. The molecule has 0 saturated heterocycles. The number of benzene rings is 1. The number of carbonyl (C=O) groups is 1. The van der Waals surface area contributed by atoms with Crippen molar-refractivity contribution in [3.63, 3.8) is 0 Å². The van der Waals surface area contributed by atoms with Crippen LogP contribution < -0.4 is 20.1 Å². The van der Waals surface area contributed by atoms with Crippen molar-refractivity contribution in [1.82, 2.24) is 10.6 Å². The highest BCUT2D eigenvalue weighted by atomic mass is 16.5. The first kappa shape index (κ1) is 16.1. The summed E-state index contributed by atoms with van der Waals surface area (Å²) in [6, 6.07) is 5.40. The molecule has 0 bridgehead atoms. The first-order valence-corrected chi connectivity index (χ1v) is 6.68. The van der Waals surface area contributed by atoms with Gasteiger partial charge in [-0.15, -0.1) is 0 Å². The van der Waals surface area contributed by atoms with Gasteiger partial charge in [0.15, 0.2) is 11.5 Å². The Kier molecular flexibility index (Phi) is 5.67. The van der Waals surface area contributed by atoms with Gasteiger partial charge in [-0.25, -0.2) is 4.79 Å². The van der Waals surface area contributed by atoms with Crippen molar-refractivity contribution in [2.24, 2.45) is 0 Å². The van der Waals surface area contributed by atoms with Crippen molar-refractivity contribution in [3.05, 3.63) is 23.8 Å². The van der Waals surface area contributed by atoms with Crippen LogP contribution in [-0.4, -0.2) is 25.8 Å². The second-order valence-corrected chi connectivity index (χ2v) is 5.23. The Bertz CT molecular complexity index is 458. The third-order valence-corrected chi connectivity index (χ3v) is 3.24. The smallest absolute Gasteiger partial charge is 0.315 e. The van der Waals surface area contributed by atoms with Gasteiger partial charge in [0.05, 0.1) is 14.2 Å². The quantitative estimate of drug-likeness (QED) is 0.842. The Hall–Kier alpha value is -1.91. The van der Waals surface area contributed by atoms with Crippen LogP contribution in [0.4, 0.5) is 4.79 Å². The lowest BCUT2D eigenvalue weighted by Crippen LogP contribution is -2.47. The lowest BCUT2D eigenvalue weighted by molar-refractivity contribution is 0.228. The van der Waals surface area contributed by atoms with E-state index in [0.29, 0.717) is 18.0 Å². The number of rotatable bonds is 6. The molecule has 0 fully saturated rings. The largest absolute Gasteiger partial charge is 0.493 e. The molecule has 0 aliphatic rings. The number of nitrogens with one attached hydrogen (secondary N) is 2. The second kappa shape index (κ2) is 7.03. The molecule has 20 heavy (non-hydrogen) atoms. The molecule has 0 aliphatic carbocycles. The summed E-state index contributed by atoms with van der Waals surface area (Å²) in [7, 11) is 3.18. The molecule has 0 aromatic heterocycles. The van der Waals surface area contributed by atoms with Gasteiger partial charge in [0, 0.05) is 12.1 Å². The van der Waals surface area contributed by atoms with Crippen molar-refractivity contribution in [2.45, 2.75) is 39.3 Å². The average molecular weight is 280 g/mol. The minimum absolute atomic E-state index is 0.174. The normalized spacial score (nSPS) is 10.8. The lowest BCUT2D eigenvalue weighted by Gasteiger charge is -2.24. The van der Waals surface area contributed by atoms with E-state index in [-0.39, 0.29) is 11.6 Å². The van der Waals surface area contributed by atoms with E-state index >= 15 is 0 Å². The SMILES string of the molecule is CCC(C)(C)NC(=O)NCc1ccc(OC)c(OC)c1. The number of carbonyl (C=O) groups excluding carboxylic acids is 1. The fourth-order valence-corrected chi connectivity index (χ4v) is 1.61. The molecular weight excluding hydrogens is 256 g/mol. The topological polar surface area (TPSA) is 59.6 Å². The van der Waals surface area contributed by atoms with Crippen LogP contribution in [0, 0.1) is 0 Å². The first-order valence-electron chi connectivity index (χ1n) is 6.68. The van der Waals surface area contributed by atoms with Gasteiger partial charge in [0.25, 0.3) is 0 Å². The van der Waals surface area contributed by atoms with Gasteiger partial charge in [-0.2, -0.15) is 0 Å². The Morgan fingerprint density at radius 3 is 2.40 bits per heavy atom. The van der Waals surface area contributed by atoms with E-state index in [1.165, 1.54) is 0 Å². The van der Waals surface area contributed by atoms with Gasteiger partial charge in [-0.3, -0.25) is 0 Å². The summed E-state index contributed by atoms with van der Waals surface area (Å²) in [5.41, 5.74) is 0.744. The van der Waals surface area contributed by atoms with Gasteiger partial charge in [-0.05, 0) is 38.0 Å². The van der Waals surface area contributed by atoms with Crippen molar-refractivity contribution in [3.8, 4) is 11.5 Å². The highest BCUT2D eigenvalue weighted by Crippen LogP contribution is 2.27. The number of hydrogen-bond acceptors (Lipinski definition) is 3. The Labute approximate surface area is 120 Å². The number of amides is 2. The second-order valence-electron chi connectivity index (χ2n) is 5.23. The Balaban J connectivity index is 2.60. The van der Waals surface area contributed by atoms with Gasteiger partial charge in [0.1, 0.15) is 0 Å². The van der Waals surface area contributed by atoms with Gasteiger partial charge in [0.2, 0.25) is 0 Å². The summed E-state index contributed by atoms with van der Waals surface area (Å²) in [5.74, 6) is 1.33. The van der Waals surface area contributed by atoms with E-state index in [9.17, 15) is 4.79 Å². The number of ether oxygens (including phenoxy) is 2. The molecule has 0 saturated carbocycles. The fourth-order valence-electron chi connectivity index (χ4n) is 1.61. The van der Waals surface area contributed by atoms with Crippen molar-refractivity contribution in [2.75, 3.05) is 14.2 Å². The van der Waals surface area contributed by atoms with Crippen LogP contribution in [0.5, 0.6) is 11.5 Å². The molecule has 1 aromatic rings. The summed E-state index contributed by atoms with van der Waals surface area (Å²) in [6.45, 7) is 6.45. The molecule has 0 heterocycles. The minimum atomic E-state index is -0.207. The van der Waals surface area contributed by atoms with E-state index < -0.39 is 0 Å². The van der Waals surface area contributed by atoms with Crippen LogP contribution in [0.1, 0.15) is 32.8 Å². The molecule has 0 aliphatic heterocycles. The van der Waals surface area contributed by atoms with E-state index in [2.05, 4.69) is 10.6 Å². The molecule has 0 radical (unpaired) electrons. The molecule has 5 heteroatoms. The average Bonchev–Trinajstić information content (AvgIpc) is 2.44. The van der Waals surface area contributed by atoms with Gasteiger partial charge < -0.3 is 20.1 Å². The highest BCUT2D eigenvalue weighted by molar-refractivity contribution is 5.74. The molecule has 2 amide bonds. The monoisotopic (exact) mass is 280 g/mol. The minimum Gasteiger partial charge on any atom is -0.493 e. The molecule has 0 unspecified atom stereocenters. The standard InChI is InChI=1S/C15H24N2O3/c1-6-15(2,3)17-14(18)16-10-11-7-8-12(19-4)13(9-11)20-5/h7-9H,6,10H2,1-5H3,(H2,16,17,18). The third-order valence-electron chi connectivity index (χ3n) is 3.24. The van der Waals surface area contributed by atoms with E-state index in [1.54, 1.807) is 14.2 Å². The summed E-state index contributed by atoms with van der Waals surface area (Å²) < 4.78 is 10.4. The maximum absolute atomic E-state index is 11.8. The summed E-state index contributed by atoms with van der Waals surface area (Å²) in [4.78, 5) is 11.8. The van der Waals surface area contributed by atoms with E-state index in [0.717, 1.165) is 12.0 Å². The van der Waals surface area contributed by atoms with E-state index in [1.807, 2.05) is 39.0 Å². The van der Waals surface area contributed by atoms with Crippen LogP contribution in [0.25, 0.3) is 0 Å². The van der Waals surface area contributed by atoms with Gasteiger partial charge in [-0.1, -0.05) is 13.0 Å². The maximum atomic E-state index is 11.8. The van der Waals surface area contributed by atoms with Crippen molar-refractivity contribution >= 4 is 6.03 Å². The Morgan fingerprint density at radius 1 is 1.20 bits per heavy atom. The molecule has 1 rings (SSSR count). The van der Waals surface area contributed by atoms with Crippen LogP contribution >= 0.6 is 0 Å². The first-order chi connectivity index (χ1) is 9.41. The molecule has 112 valence electrons. The zero-order valence-corrected chi connectivity index (χ0v) is 12.9. The van der Waals surface area contributed by atoms with Crippen molar-refractivity contribution in [1.29, 1.82) is 0 Å². The molecular formula is C15H24N2O3. The predicted molar refractivity (Wildman–Crippen MR) is 79.3 cm³/mol. The van der Waals surface area contributed by atoms with Crippen LogP contribution in [-0.2, 0) is 6.54 Å². The lowest BCUT2D eigenvalue weighted by atomic mass is 10.0. The van der Waals surface area contributed by atoms with Crippen molar-refractivity contribution < 1.29 is 14.3 Å². The highest BCUT2D eigenvalue weighted by Gasteiger charge is 2.17. The molecule has 0 atom stereocenters. The summed E-state index contributed by atoms with van der Waals surface area (Å²) in [6.07, 6.45) is 0.872. The fraction of sp³-hybridized carbons (Fsp3) is 0.533. The Morgan fingerprint density at radius 2 is 1.85 bits per heavy atom. The summed E-state index contributed by atoms with van der Waals surface area (Å²) >= 11 is 0. The molecule has 0 spiro atoms. The van der Waals surface area contributed by atoms with Crippen LogP contribution in [0.2, 0.25) is 0 Å². The number of hydrogen-bond donors (Lipinski definition) is 2. The number of methoxy groups -OCH3 is 2. The van der Waals surface area contributed by atoms with Gasteiger partial charge >= 0.3 is 6.03 Å². The summed E-state index contributed by atoms with van der Waals surface area (Å²) in [5, 5.41) is 5.75.